The fourth-order valence-electron chi connectivity index (χ4n) is 4.84. The number of hydrogen-bond donors (Lipinski definition) is 1. The molecule has 32 heavy (non-hydrogen) atoms. The average molecular weight is 432 g/mol. The van der Waals surface area contributed by atoms with E-state index >= 15 is 0 Å². The van der Waals surface area contributed by atoms with Gasteiger partial charge in [-0.05, 0) is 78.0 Å². The van der Waals surface area contributed by atoms with E-state index in [1.54, 1.807) is 0 Å². The smallest absolute Gasteiger partial charge is 0.550 e. The van der Waals surface area contributed by atoms with Crippen LogP contribution in [0, 0.1) is 0 Å². The van der Waals surface area contributed by atoms with Gasteiger partial charge in [-0.3, -0.25) is 0 Å². The molecule has 0 radical (unpaired) electrons. The van der Waals surface area contributed by atoms with Gasteiger partial charge in [0.1, 0.15) is 5.82 Å². The van der Waals surface area contributed by atoms with Crippen molar-refractivity contribution < 1.29 is 39.5 Å². The Hall–Kier alpha value is -2.40. The number of aromatic amines is 1. The summed E-state index contributed by atoms with van der Waals surface area (Å²) in [5, 5.41) is 11.3. The first kappa shape index (κ1) is 22.8. The van der Waals surface area contributed by atoms with Crippen molar-refractivity contribution >= 4 is 17.0 Å². The fraction of sp³-hybridized carbons (Fsp3) is 0.259. The SMILES string of the molecule is O=C([O-])CC1Cc2ccc(CCCc3nc4ccccc4[nH]3)cc2Cc2ccccc21.[Na+]. The number of nitrogens with zero attached hydrogens (tertiary/aromatic N) is 1. The second-order valence-corrected chi connectivity index (χ2v) is 8.51. The van der Waals surface area contributed by atoms with Crippen molar-refractivity contribution in [3.63, 3.8) is 0 Å². The van der Waals surface area contributed by atoms with Gasteiger partial charge in [0.25, 0.3) is 0 Å². The number of benzene rings is 3. The van der Waals surface area contributed by atoms with E-state index in [1.807, 2.05) is 30.3 Å². The van der Waals surface area contributed by atoms with Crippen molar-refractivity contribution in [3.8, 4) is 0 Å². The number of para-hydroxylation sites is 2. The third-order valence-electron chi connectivity index (χ3n) is 6.34. The minimum Gasteiger partial charge on any atom is -0.550 e. The predicted octanol–water partition coefficient (Wildman–Crippen LogP) is 1.11. The zero-order valence-corrected chi connectivity index (χ0v) is 20.4. The van der Waals surface area contributed by atoms with Gasteiger partial charge in [0, 0.05) is 12.4 Å². The summed E-state index contributed by atoms with van der Waals surface area (Å²) in [7, 11) is 0. The number of H-pyrrole nitrogens is 1. The summed E-state index contributed by atoms with van der Waals surface area (Å²) in [5.41, 5.74) is 8.38. The maximum Gasteiger partial charge on any atom is 1.00 e. The molecule has 1 N–H and O–H groups in total. The van der Waals surface area contributed by atoms with Gasteiger partial charge in [-0.15, -0.1) is 0 Å². The number of aromatic nitrogens is 2. The monoisotopic (exact) mass is 432 g/mol. The molecule has 0 saturated heterocycles. The van der Waals surface area contributed by atoms with Crippen molar-refractivity contribution in [3.05, 3.63) is 100 Å². The molecule has 1 heterocycles. The van der Waals surface area contributed by atoms with Gasteiger partial charge in [-0.1, -0.05) is 54.6 Å². The molecule has 0 spiro atoms. The van der Waals surface area contributed by atoms with E-state index in [0.29, 0.717) is 0 Å². The van der Waals surface area contributed by atoms with E-state index in [0.717, 1.165) is 54.5 Å². The molecule has 4 aromatic rings. The molecule has 3 aromatic carbocycles. The number of fused-ring (bicyclic) bond motifs is 3. The van der Waals surface area contributed by atoms with Crippen molar-refractivity contribution in [2.45, 2.75) is 44.4 Å². The quantitative estimate of drug-likeness (QED) is 0.464. The molecule has 1 atom stereocenters. The number of carboxylic acid groups (broad SMARTS) is 1. The Labute approximate surface area is 210 Å². The summed E-state index contributed by atoms with van der Waals surface area (Å²) in [6, 6.07) is 23.1. The Morgan fingerprint density at radius 2 is 1.78 bits per heavy atom. The number of carbonyl (C=O) groups is 1. The number of hydrogen-bond acceptors (Lipinski definition) is 3. The Bertz CT molecular complexity index is 1210. The molecule has 1 aliphatic rings. The molecular formula is C27H25N2NaO2. The minimum atomic E-state index is -0.981. The molecule has 0 bridgehead atoms. The maximum atomic E-state index is 11.3. The van der Waals surface area contributed by atoms with Gasteiger partial charge in [0.15, 0.2) is 0 Å². The van der Waals surface area contributed by atoms with Crippen molar-refractivity contribution in [1.82, 2.24) is 9.97 Å². The van der Waals surface area contributed by atoms with Crippen LogP contribution in [0.3, 0.4) is 0 Å². The standard InChI is InChI=1S/C27H26N2O2.Na/c30-27(31)17-22-15-19-13-12-18(14-21(19)16-20-7-1-2-8-23(20)22)6-5-11-26-28-24-9-3-4-10-25(24)29-26;/h1-4,7-10,12-14,22H,5-6,11,15-17H2,(H,28,29)(H,30,31);/q;+1/p-1. The second-order valence-electron chi connectivity index (χ2n) is 8.51. The first-order chi connectivity index (χ1) is 15.2. The van der Waals surface area contributed by atoms with Gasteiger partial charge < -0.3 is 14.9 Å². The van der Waals surface area contributed by atoms with Crippen LogP contribution in [-0.4, -0.2) is 15.9 Å². The third kappa shape index (κ3) is 4.98. The number of aliphatic carboxylic acids is 1. The summed E-state index contributed by atoms with van der Waals surface area (Å²) in [4.78, 5) is 19.4. The van der Waals surface area contributed by atoms with Gasteiger partial charge in [-0.2, -0.15) is 0 Å². The number of imidazole rings is 1. The molecule has 0 aliphatic heterocycles. The molecule has 5 heteroatoms. The normalized spacial score (nSPS) is 14.8. The minimum absolute atomic E-state index is 0. The van der Waals surface area contributed by atoms with Crippen molar-refractivity contribution in [2.75, 3.05) is 0 Å². The molecule has 1 aliphatic carbocycles. The average Bonchev–Trinajstić information content (AvgIpc) is 3.11. The summed E-state index contributed by atoms with van der Waals surface area (Å²) >= 11 is 0. The predicted molar refractivity (Wildman–Crippen MR) is 120 cm³/mol. The Morgan fingerprint density at radius 3 is 2.62 bits per heavy atom. The van der Waals surface area contributed by atoms with E-state index in [1.165, 1.54) is 22.3 Å². The summed E-state index contributed by atoms with van der Waals surface area (Å²) in [6.45, 7) is 0. The summed E-state index contributed by atoms with van der Waals surface area (Å²) in [5.74, 6) is 0.0295. The number of aryl methyl sites for hydroxylation is 2. The third-order valence-corrected chi connectivity index (χ3v) is 6.34. The van der Waals surface area contributed by atoms with Gasteiger partial charge >= 0.3 is 29.6 Å². The van der Waals surface area contributed by atoms with Crippen LogP contribution in [0.1, 0.15) is 52.4 Å². The zero-order valence-electron chi connectivity index (χ0n) is 18.4. The van der Waals surface area contributed by atoms with Crippen LogP contribution in [0.25, 0.3) is 11.0 Å². The Morgan fingerprint density at radius 1 is 0.969 bits per heavy atom. The fourth-order valence-corrected chi connectivity index (χ4v) is 4.84. The molecule has 156 valence electrons. The first-order valence-corrected chi connectivity index (χ1v) is 11.0. The summed E-state index contributed by atoms with van der Waals surface area (Å²) < 4.78 is 0. The van der Waals surface area contributed by atoms with Gasteiger partial charge in [-0.25, -0.2) is 4.98 Å². The van der Waals surface area contributed by atoms with Crippen LogP contribution in [-0.2, 0) is 30.5 Å². The Kier molecular flexibility index (Phi) is 7.14. The zero-order chi connectivity index (χ0) is 21.2. The first-order valence-electron chi connectivity index (χ1n) is 11.0. The van der Waals surface area contributed by atoms with Crippen molar-refractivity contribution in [2.24, 2.45) is 0 Å². The molecular weight excluding hydrogens is 407 g/mol. The molecule has 1 unspecified atom stereocenters. The number of carboxylic acids is 1. The van der Waals surface area contributed by atoms with Crippen LogP contribution in [0.2, 0.25) is 0 Å². The topological polar surface area (TPSA) is 68.8 Å². The van der Waals surface area contributed by atoms with E-state index in [9.17, 15) is 9.90 Å². The van der Waals surface area contributed by atoms with E-state index in [-0.39, 0.29) is 41.9 Å². The van der Waals surface area contributed by atoms with E-state index in [2.05, 4.69) is 46.4 Å². The maximum absolute atomic E-state index is 11.3. The number of nitrogens with one attached hydrogen (secondary N) is 1. The van der Waals surface area contributed by atoms with Crippen LogP contribution >= 0.6 is 0 Å². The number of rotatable bonds is 6. The molecule has 1 aromatic heterocycles. The summed E-state index contributed by atoms with van der Waals surface area (Å²) in [6.07, 6.45) is 4.61. The van der Waals surface area contributed by atoms with Crippen LogP contribution < -0.4 is 34.7 Å². The van der Waals surface area contributed by atoms with Crippen LogP contribution in [0.4, 0.5) is 0 Å². The van der Waals surface area contributed by atoms with E-state index in [4.69, 9.17) is 0 Å². The largest absolute Gasteiger partial charge is 1.00 e. The Balaban J connectivity index is 0.00000245. The molecule has 0 amide bonds. The molecule has 4 nitrogen and oxygen atoms in total. The molecule has 0 fully saturated rings. The second kappa shape index (κ2) is 10.0. The van der Waals surface area contributed by atoms with Gasteiger partial charge in [0.05, 0.1) is 11.0 Å². The number of carbonyl (C=O) groups excluding carboxylic acids is 1. The van der Waals surface area contributed by atoms with E-state index < -0.39 is 5.97 Å². The van der Waals surface area contributed by atoms with Crippen LogP contribution in [0.15, 0.2) is 66.7 Å². The molecule has 0 saturated carbocycles. The van der Waals surface area contributed by atoms with Crippen molar-refractivity contribution in [1.29, 1.82) is 0 Å². The molecule has 5 rings (SSSR count). The van der Waals surface area contributed by atoms with Crippen LogP contribution in [0.5, 0.6) is 0 Å². The van der Waals surface area contributed by atoms with Gasteiger partial charge in [0.2, 0.25) is 0 Å².